The average molecular weight is 411 g/mol. The quantitative estimate of drug-likeness (QED) is 0.663. The van der Waals surface area contributed by atoms with Gasteiger partial charge in [0.15, 0.2) is 5.82 Å². The van der Waals surface area contributed by atoms with Crippen LogP contribution in [0.15, 0.2) is 54.6 Å². The van der Waals surface area contributed by atoms with Gasteiger partial charge >= 0.3 is 0 Å². The van der Waals surface area contributed by atoms with E-state index in [9.17, 15) is 4.79 Å². The van der Waals surface area contributed by atoms with E-state index in [0.29, 0.717) is 10.6 Å². The van der Waals surface area contributed by atoms with Crippen molar-refractivity contribution in [3.63, 3.8) is 0 Å². The number of methoxy groups -OCH3 is 1. The van der Waals surface area contributed by atoms with Gasteiger partial charge in [-0.25, -0.2) is 0 Å². The monoisotopic (exact) mass is 410 g/mol. The fourth-order valence-corrected chi connectivity index (χ4v) is 3.78. The minimum atomic E-state index is -0.0969. The lowest BCUT2D eigenvalue weighted by Gasteiger charge is -2.33. The molecule has 150 valence electrons. The molecular formula is C22H23ClN4O2. The van der Waals surface area contributed by atoms with Crippen LogP contribution >= 0.6 is 11.6 Å². The smallest absolute Gasteiger partial charge is 0.251 e. The maximum atomic E-state index is 12.5. The summed E-state index contributed by atoms with van der Waals surface area (Å²) >= 11 is 6.00. The van der Waals surface area contributed by atoms with E-state index >= 15 is 0 Å². The predicted octanol–water partition coefficient (Wildman–Crippen LogP) is 4.14. The molecule has 0 saturated carbocycles. The van der Waals surface area contributed by atoms with Gasteiger partial charge in [0.25, 0.3) is 5.91 Å². The van der Waals surface area contributed by atoms with E-state index in [-0.39, 0.29) is 11.9 Å². The summed E-state index contributed by atoms with van der Waals surface area (Å²) < 4.78 is 5.21. The summed E-state index contributed by atoms with van der Waals surface area (Å²) in [6.45, 7) is 1.63. The number of ether oxygens (including phenoxy) is 1. The van der Waals surface area contributed by atoms with Crippen LogP contribution in [-0.4, -0.2) is 42.3 Å². The molecule has 1 aromatic heterocycles. The van der Waals surface area contributed by atoms with E-state index in [1.54, 1.807) is 31.4 Å². The fraction of sp³-hybridized carbons (Fsp3) is 0.273. The summed E-state index contributed by atoms with van der Waals surface area (Å²) in [6, 6.07) is 17.0. The minimum Gasteiger partial charge on any atom is -0.497 e. The zero-order valence-corrected chi connectivity index (χ0v) is 16.9. The first-order valence-corrected chi connectivity index (χ1v) is 10.0. The van der Waals surface area contributed by atoms with Crippen LogP contribution in [0.2, 0.25) is 5.02 Å². The molecule has 1 saturated heterocycles. The Hall–Kier alpha value is -2.99. The van der Waals surface area contributed by atoms with Crippen LogP contribution in [0.1, 0.15) is 23.2 Å². The van der Waals surface area contributed by atoms with Gasteiger partial charge < -0.3 is 15.0 Å². The number of benzene rings is 2. The molecule has 0 radical (unpaired) electrons. The molecule has 1 amide bonds. The van der Waals surface area contributed by atoms with E-state index in [0.717, 1.165) is 48.8 Å². The summed E-state index contributed by atoms with van der Waals surface area (Å²) in [5, 5.41) is 11.3. The number of hydrogen-bond donors (Lipinski definition) is 2. The van der Waals surface area contributed by atoms with E-state index in [2.05, 4.69) is 20.4 Å². The third-order valence-electron chi connectivity index (χ3n) is 5.13. The molecule has 1 atom stereocenters. The molecule has 2 heterocycles. The van der Waals surface area contributed by atoms with Crippen molar-refractivity contribution in [2.75, 3.05) is 25.1 Å². The number of amides is 1. The number of carbonyl (C=O) groups is 1. The highest BCUT2D eigenvalue weighted by Crippen LogP contribution is 2.26. The van der Waals surface area contributed by atoms with Crippen molar-refractivity contribution in [2.24, 2.45) is 0 Å². The summed E-state index contributed by atoms with van der Waals surface area (Å²) in [5.74, 6) is 1.61. The van der Waals surface area contributed by atoms with E-state index in [4.69, 9.17) is 16.3 Å². The Morgan fingerprint density at radius 1 is 1.24 bits per heavy atom. The van der Waals surface area contributed by atoms with Crippen molar-refractivity contribution in [2.45, 2.75) is 18.9 Å². The Morgan fingerprint density at radius 3 is 2.83 bits per heavy atom. The highest BCUT2D eigenvalue weighted by Gasteiger charge is 2.23. The SMILES string of the molecule is COc1ccc(-c2cc(N3CCC[C@@H](NC(=O)c4cccc(Cl)c4)C3)n[nH]2)cc1. The van der Waals surface area contributed by atoms with Gasteiger partial charge in [0.2, 0.25) is 0 Å². The molecule has 2 aromatic carbocycles. The molecule has 4 rings (SSSR count). The van der Waals surface area contributed by atoms with E-state index < -0.39 is 0 Å². The number of aromatic amines is 1. The Balaban J connectivity index is 1.42. The molecule has 1 fully saturated rings. The number of carbonyl (C=O) groups excluding carboxylic acids is 1. The average Bonchev–Trinajstić information content (AvgIpc) is 3.24. The number of halogens is 1. The molecule has 1 aliphatic rings. The van der Waals surface area contributed by atoms with Gasteiger partial charge in [-0.1, -0.05) is 17.7 Å². The largest absolute Gasteiger partial charge is 0.497 e. The van der Waals surface area contributed by atoms with Gasteiger partial charge in [0, 0.05) is 35.8 Å². The Labute approximate surface area is 174 Å². The molecule has 0 unspecified atom stereocenters. The second kappa shape index (κ2) is 8.57. The number of hydrogen-bond acceptors (Lipinski definition) is 4. The van der Waals surface area contributed by atoms with Crippen molar-refractivity contribution in [3.8, 4) is 17.0 Å². The second-order valence-electron chi connectivity index (χ2n) is 7.14. The molecule has 0 spiro atoms. The van der Waals surface area contributed by atoms with Gasteiger partial charge in [0.1, 0.15) is 5.75 Å². The fourth-order valence-electron chi connectivity index (χ4n) is 3.59. The maximum Gasteiger partial charge on any atom is 0.251 e. The Morgan fingerprint density at radius 2 is 2.07 bits per heavy atom. The highest BCUT2D eigenvalue weighted by atomic mass is 35.5. The lowest BCUT2D eigenvalue weighted by Crippen LogP contribution is -2.48. The minimum absolute atomic E-state index is 0.0661. The summed E-state index contributed by atoms with van der Waals surface area (Å²) in [6.07, 6.45) is 1.93. The lowest BCUT2D eigenvalue weighted by molar-refractivity contribution is 0.0933. The van der Waals surface area contributed by atoms with Gasteiger partial charge in [-0.15, -0.1) is 0 Å². The number of H-pyrrole nitrogens is 1. The van der Waals surface area contributed by atoms with E-state index in [1.165, 1.54) is 0 Å². The summed E-state index contributed by atoms with van der Waals surface area (Å²) in [5.41, 5.74) is 2.58. The van der Waals surface area contributed by atoms with Crippen molar-refractivity contribution in [1.29, 1.82) is 0 Å². The number of nitrogens with zero attached hydrogens (tertiary/aromatic N) is 2. The molecule has 0 bridgehead atoms. The second-order valence-corrected chi connectivity index (χ2v) is 7.57. The number of anilines is 1. The van der Waals surface area contributed by atoms with Crippen LogP contribution in [0.3, 0.4) is 0 Å². The first-order chi connectivity index (χ1) is 14.1. The number of aromatic nitrogens is 2. The number of nitrogens with one attached hydrogen (secondary N) is 2. The van der Waals surface area contributed by atoms with Gasteiger partial charge in [-0.2, -0.15) is 5.10 Å². The molecule has 6 nitrogen and oxygen atoms in total. The topological polar surface area (TPSA) is 70.2 Å². The van der Waals surface area contributed by atoms with E-state index in [1.807, 2.05) is 30.3 Å². The normalized spacial score (nSPS) is 16.5. The van der Waals surface area contributed by atoms with Crippen LogP contribution in [0.25, 0.3) is 11.3 Å². The first kappa shape index (κ1) is 19.3. The third-order valence-corrected chi connectivity index (χ3v) is 5.37. The summed E-state index contributed by atoms with van der Waals surface area (Å²) in [4.78, 5) is 14.7. The van der Waals surface area contributed by atoms with Gasteiger partial charge in [0.05, 0.1) is 12.8 Å². The Kier molecular flexibility index (Phi) is 5.71. The molecule has 0 aliphatic carbocycles. The van der Waals surface area contributed by atoms with Gasteiger partial charge in [-0.3, -0.25) is 9.89 Å². The molecular weight excluding hydrogens is 388 g/mol. The molecule has 2 N–H and O–H groups in total. The van der Waals surface area contributed by atoms with Crippen molar-refractivity contribution in [1.82, 2.24) is 15.5 Å². The van der Waals surface area contributed by atoms with Crippen molar-refractivity contribution >= 4 is 23.3 Å². The molecule has 7 heteroatoms. The summed E-state index contributed by atoms with van der Waals surface area (Å²) in [7, 11) is 1.65. The van der Waals surface area contributed by atoms with Crippen LogP contribution in [0.5, 0.6) is 5.75 Å². The zero-order chi connectivity index (χ0) is 20.2. The van der Waals surface area contributed by atoms with Gasteiger partial charge in [-0.05, 0) is 60.9 Å². The number of rotatable bonds is 5. The zero-order valence-electron chi connectivity index (χ0n) is 16.2. The first-order valence-electron chi connectivity index (χ1n) is 9.63. The van der Waals surface area contributed by atoms with Crippen LogP contribution in [-0.2, 0) is 0 Å². The van der Waals surface area contributed by atoms with Crippen molar-refractivity contribution < 1.29 is 9.53 Å². The highest BCUT2D eigenvalue weighted by molar-refractivity contribution is 6.30. The van der Waals surface area contributed by atoms with Crippen LogP contribution in [0.4, 0.5) is 5.82 Å². The predicted molar refractivity (Wildman–Crippen MR) is 115 cm³/mol. The standard InChI is InChI=1S/C22H23ClN4O2/c1-29-19-9-7-15(8-10-19)20-13-21(26-25-20)27-11-3-6-18(14-27)24-22(28)16-4-2-5-17(23)12-16/h2,4-5,7-10,12-13,18H,3,6,11,14H2,1H3,(H,24,28)(H,25,26)/t18-/m1/s1. The third kappa shape index (κ3) is 4.54. The number of piperidine rings is 1. The molecule has 29 heavy (non-hydrogen) atoms. The maximum absolute atomic E-state index is 12.5. The molecule has 1 aliphatic heterocycles. The lowest BCUT2D eigenvalue weighted by atomic mass is 10.0. The van der Waals surface area contributed by atoms with Crippen LogP contribution in [0, 0.1) is 0 Å². The van der Waals surface area contributed by atoms with Crippen molar-refractivity contribution in [3.05, 3.63) is 65.2 Å². The van der Waals surface area contributed by atoms with Crippen LogP contribution < -0.4 is 15.0 Å². The Bertz CT molecular complexity index is 986. The molecule has 3 aromatic rings.